The lowest BCUT2D eigenvalue weighted by Gasteiger charge is -2.23. The molecule has 3 aromatic rings. The van der Waals surface area contributed by atoms with E-state index in [1.54, 1.807) is 0 Å². The summed E-state index contributed by atoms with van der Waals surface area (Å²) < 4.78 is 1.33. The van der Waals surface area contributed by atoms with Gasteiger partial charge in [0.2, 0.25) is 6.41 Å². The quantitative estimate of drug-likeness (QED) is 0.159. The molecule has 9 heteroatoms. The molecule has 0 saturated heterocycles. The highest BCUT2D eigenvalue weighted by Crippen LogP contribution is 2.27. The first-order chi connectivity index (χ1) is 20.8. The van der Waals surface area contributed by atoms with E-state index in [4.69, 9.17) is 14.6 Å². The number of hydrogen-bond acceptors (Lipinski definition) is 8. The van der Waals surface area contributed by atoms with Gasteiger partial charge in [-0.1, -0.05) is 75.9 Å². The molecule has 242 valence electrons. The third-order valence-electron chi connectivity index (χ3n) is 5.96. The molecule has 1 amide bonds. The van der Waals surface area contributed by atoms with Gasteiger partial charge in [0.1, 0.15) is 6.79 Å². The van der Waals surface area contributed by atoms with Gasteiger partial charge in [0.05, 0.1) is 15.2 Å². The number of nitrogens with one attached hydrogen (secondary N) is 1. The van der Waals surface area contributed by atoms with Crippen molar-refractivity contribution in [1.29, 1.82) is 0 Å². The van der Waals surface area contributed by atoms with Gasteiger partial charge in [0, 0.05) is 6.54 Å². The number of hydrogen-bond donors (Lipinski definition) is 4. The number of thiazole rings is 1. The third-order valence-corrected chi connectivity index (χ3v) is 7.04. The molecule has 0 saturated carbocycles. The van der Waals surface area contributed by atoms with Crippen LogP contribution in [0.2, 0.25) is 0 Å². The predicted molar refractivity (Wildman–Crippen MR) is 189 cm³/mol. The van der Waals surface area contributed by atoms with E-state index in [2.05, 4.69) is 110 Å². The summed E-state index contributed by atoms with van der Waals surface area (Å²) in [5.74, 6) is 0.605. The van der Waals surface area contributed by atoms with Crippen LogP contribution in [-0.4, -0.2) is 63.9 Å². The van der Waals surface area contributed by atoms with E-state index in [-0.39, 0.29) is 6.41 Å². The zero-order valence-corrected chi connectivity index (χ0v) is 28.3. The smallest absolute Gasteiger partial charge is 0.204 e. The summed E-state index contributed by atoms with van der Waals surface area (Å²) in [7, 11) is 5.25. The van der Waals surface area contributed by atoms with Crippen molar-refractivity contribution < 1.29 is 9.59 Å². The summed E-state index contributed by atoms with van der Waals surface area (Å²) in [5.41, 5.74) is 18.6. The molecule has 1 atom stereocenters. The minimum atomic E-state index is 0.250. The molecule has 0 aliphatic heterocycles. The van der Waals surface area contributed by atoms with Crippen LogP contribution in [-0.2, 0) is 28.9 Å². The van der Waals surface area contributed by atoms with Crippen molar-refractivity contribution in [2.45, 2.75) is 52.9 Å². The first kappa shape index (κ1) is 44.1. The molecular formula is C34H58N6O2S. The normalized spacial score (nSPS) is 9.95. The van der Waals surface area contributed by atoms with Crippen LogP contribution >= 0.6 is 11.3 Å². The van der Waals surface area contributed by atoms with Crippen molar-refractivity contribution in [3.8, 4) is 0 Å². The summed E-state index contributed by atoms with van der Waals surface area (Å²) in [4.78, 5) is 24.0. The number of likely N-dealkylation sites (N-methyl/N-ethyl adjacent to an activating group) is 1. The van der Waals surface area contributed by atoms with E-state index in [9.17, 15) is 0 Å². The third kappa shape index (κ3) is 21.9. The Kier molecular flexibility index (Phi) is 32.4. The van der Waals surface area contributed by atoms with Crippen LogP contribution in [0.25, 0.3) is 10.2 Å². The van der Waals surface area contributed by atoms with E-state index in [0.29, 0.717) is 5.92 Å². The highest BCUT2D eigenvalue weighted by Gasteiger charge is 2.15. The second-order valence-corrected chi connectivity index (χ2v) is 10.3. The van der Waals surface area contributed by atoms with Gasteiger partial charge >= 0.3 is 0 Å². The van der Waals surface area contributed by atoms with Gasteiger partial charge in [-0.05, 0) is 102 Å². The highest BCUT2D eigenvalue weighted by atomic mass is 32.1. The number of aryl methyl sites for hydroxylation is 2. The Morgan fingerprint density at radius 3 is 2.05 bits per heavy atom. The maximum Gasteiger partial charge on any atom is 0.204 e. The van der Waals surface area contributed by atoms with Crippen molar-refractivity contribution in [2.75, 3.05) is 40.8 Å². The Bertz CT molecular complexity index is 1070. The molecule has 1 unspecified atom stereocenters. The number of benzene rings is 2. The summed E-state index contributed by atoms with van der Waals surface area (Å²) in [6.45, 7) is 19.4. The predicted octanol–water partition coefficient (Wildman–Crippen LogP) is 5.35. The number of nitrogens with zero attached hydrogens (tertiary/aromatic N) is 2. The number of rotatable bonds is 12. The van der Waals surface area contributed by atoms with Crippen LogP contribution in [0, 0.1) is 5.92 Å². The SMILES string of the molecule is C=C(CC(CCc1nc2ccc(CC)cc2s1)Cc1ccccc1)CN(CC)CC.C=CN.C=O.CN.CNC.NC=O. The Hall–Kier alpha value is -3.37. The number of fused-ring (bicyclic) bond motifs is 1. The number of amides is 1. The molecule has 0 fully saturated rings. The van der Waals surface area contributed by atoms with Gasteiger partial charge < -0.3 is 27.3 Å². The molecule has 2 aromatic carbocycles. The average molecular weight is 615 g/mol. The van der Waals surface area contributed by atoms with E-state index < -0.39 is 0 Å². The molecule has 0 aliphatic carbocycles. The number of carbonyl (C=O) groups is 2. The molecule has 8 nitrogen and oxygen atoms in total. The van der Waals surface area contributed by atoms with Crippen molar-refractivity contribution in [1.82, 2.24) is 15.2 Å². The van der Waals surface area contributed by atoms with Gasteiger partial charge in [-0.3, -0.25) is 9.69 Å². The fraction of sp³-hybridized carbons (Fsp3) is 0.441. The Morgan fingerprint density at radius 2 is 1.56 bits per heavy atom. The zero-order valence-electron chi connectivity index (χ0n) is 27.5. The zero-order chi connectivity index (χ0) is 33.5. The lowest BCUT2D eigenvalue weighted by atomic mass is 9.89. The fourth-order valence-electron chi connectivity index (χ4n) is 4.13. The number of aromatic nitrogens is 1. The lowest BCUT2D eigenvalue weighted by Crippen LogP contribution is -2.26. The maximum absolute atomic E-state index is 8.58. The molecule has 7 N–H and O–H groups in total. The van der Waals surface area contributed by atoms with Crippen LogP contribution in [0.3, 0.4) is 0 Å². The number of carbonyl (C=O) groups excluding carboxylic acids is 2. The van der Waals surface area contributed by atoms with Crippen LogP contribution < -0.4 is 22.5 Å². The van der Waals surface area contributed by atoms with Crippen molar-refractivity contribution in [3.05, 3.63) is 89.6 Å². The number of nitrogens with two attached hydrogens (primary N) is 3. The second-order valence-electron chi connectivity index (χ2n) is 9.14. The molecule has 0 spiro atoms. The summed E-state index contributed by atoms with van der Waals surface area (Å²) in [5, 5.41) is 4.02. The molecule has 0 aliphatic rings. The minimum Gasteiger partial charge on any atom is -0.405 e. The molecular weight excluding hydrogens is 556 g/mol. The van der Waals surface area contributed by atoms with Gasteiger partial charge in [-0.25, -0.2) is 4.98 Å². The average Bonchev–Trinajstić information content (AvgIpc) is 3.44. The standard InChI is InChI=1S/C27H36N2S.C2H7N.C2H5N.CH3NO.CH5N.CH2O/c1-5-22-13-15-25-26(19-22)30-27(28-25)16-14-24(18-23-11-9-8-10-12-23)17-21(4)20-29(6-2)7-3;1-3-2;1-2-3;2-1-3;2*1-2/h8-13,15,19,24H,4-7,14,16-18,20H2,1-3H3;3H,1-2H3;2H,1,3H2;1H,(H2,2,3);2H2,1H3;1H2. The van der Waals surface area contributed by atoms with E-state index >= 15 is 0 Å². The van der Waals surface area contributed by atoms with Crippen molar-refractivity contribution in [2.24, 2.45) is 23.1 Å². The van der Waals surface area contributed by atoms with Gasteiger partial charge in [-0.15, -0.1) is 11.3 Å². The molecule has 0 radical (unpaired) electrons. The Labute approximate surface area is 265 Å². The topological polar surface area (TPSA) is 140 Å². The van der Waals surface area contributed by atoms with Crippen LogP contribution in [0.15, 0.2) is 73.5 Å². The summed E-state index contributed by atoms with van der Waals surface area (Å²) >= 11 is 1.87. The van der Waals surface area contributed by atoms with Crippen LogP contribution in [0.1, 0.15) is 49.7 Å². The van der Waals surface area contributed by atoms with E-state index in [0.717, 1.165) is 57.3 Å². The molecule has 0 bridgehead atoms. The molecule has 43 heavy (non-hydrogen) atoms. The highest BCUT2D eigenvalue weighted by molar-refractivity contribution is 7.18. The van der Waals surface area contributed by atoms with Gasteiger partial charge in [0.25, 0.3) is 0 Å². The fourth-order valence-corrected chi connectivity index (χ4v) is 5.18. The Morgan fingerprint density at radius 1 is 1.02 bits per heavy atom. The lowest BCUT2D eigenvalue weighted by molar-refractivity contribution is -0.107. The maximum atomic E-state index is 8.58. The van der Waals surface area contributed by atoms with E-state index in [1.807, 2.05) is 32.2 Å². The first-order valence-electron chi connectivity index (χ1n) is 14.6. The van der Waals surface area contributed by atoms with Crippen molar-refractivity contribution >= 4 is 34.8 Å². The Balaban J connectivity index is -0.00000106. The van der Waals surface area contributed by atoms with Gasteiger partial charge in [0.15, 0.2) is 0 Å². The van der Waals surface area contributed by atoms with Crippen molar-refractivity contribution in [3.63, 3.8) is 0 Å². The van der Waals surface area contributed by atoms with Crippen LogP contribution in [0.5, 0.6) is 0 Å². The summed E-state index contributed by atoms with van der Waals surface area (Å²) in [6.07, 6.45) is 7.00. The molecule has 3 rings (SSSR count). The first-order valence-corrected chi connectivity index (χ1v) is 15.4. The largest absolute Gasteiger partial charge is 0.405 e. The van der Waals surface area contributed by atoms with Gasteiger partial charge in [-0.2, -0.15) is 0 Å². The van der Waals surface area contributed by atoms with Crippen LogP contribution in [0.4, 0.5) is 0 Å². The van der Waals surface area contributed by atoms with E-state index in [1.165, 1.54) is 39.7 Å². The monoisotopic (exact) mass is 614 g/mol. The number of primary amides is 1. The summed E-state index contributed by atoms with van der Waals surface area (Å²) in [6, 6.07) is 17.6. The molecule has 1 aromatic heterocycles. The molecule has 1 heterocycles. The second kappa shape index (κ2) is 31.6. The minimum absolute atomic E-state index is 0.250.